The Morgan fingerprint density at radius 3 is 2.74 bits per heavy atom. The van der Waals surface area contributed by atoms with E-state index in [4.69, 9.17) is 4.42 Å². The van der Waals surface area contributed by atoms with Gasteiger partial charge in [-0.05, 0) is 30.7 Å². The third-order valence-corrected chi connectivity index (χ3v) is 2.81. The second-order valence-electron chi connectivity index (χ2n) is 4.55. The third kappa shape index (κ3) is 4.26. The maximum atomic E-state index is 12.1. The minimum Gasteiger partial charge on any atom is -0.507 e. The van der Waals surface area contributed by atoms with Crippen LogP contribution in [0.3, 0.4) is 0 Å². The fraction of sp³-hybridized carbons (Fsp3) is 0.125. The van der Waals surface area contributed by atoms with Crippen molar-refractivity contribution in [2.75, 3.05) is 0 Å². The number of halogens is 2. The Balaban J connectivity index is 2.24. The van der Waals surface area contributed by atoms with Gasteiger partial charge in [0.25, 0.3) is 0 Å². The Morgan fingerprint density at radius 2 is 2.09 bits per heavy atom. The van der Waals surface area contributed by atoms with Crippen molar-refractivity contribution in [1.29, 1.82) is 0 Å². The molecule has 5 nitrogen and oxygen atoms in total. The number of alkyl halides is 2. The molecule has 0 radical (unpaired) electrons. The molecule has 2 rings (SSSR count). The summed E-state index contributed by atoms with van der Waals surface area (Å²) in [6.07, 6.45) is 2.34. The SMILES string of the molecule is Cc1cc(O)c(C(=O)C=Cc2cccc(OC(F)F)c2)c(=O)o1. The van der Waals surface area contributed by atoms with Crippen LogP contribution < -0.4 is 10.4 Å². The molecule has 1 N–H and O–H groups in total. The number of aromatic hydroxyl groups is 1. The molecule has 0 unspecified atom stereocenters. The van der Waals surface area contributed by atoms with E-state index in [1.807, 2.05) is 0 Å². The highest BCUT2D eigenvalue weighted by Gasteiger charge is 2.15. The van der Waals surface area contributed by atoms with Crippen LogP contribution in [0, 0.1) is 6.92 Å². The Bertz CT molecular complexity index is 808. The molecule has 0 saturated carbocycles. The largest absolute Gasteiger partial charge is 0.507 e. The van der Waals surface area contributed by atoms with E-state index in [0.29, 0.717) is 5.56 Å². The van der Waals surface area contributed by atoms with E-state index in [0.717, 1.165) is 12.1 Å². The van der Waals surface area contributed by atoms with Crippen LogP contribution in [0.1, 0.15) is 21.7 Å². The second kappa shape index (κ2) is 6.87. The fourth-order valence-electron chi connectivity index (χ4n) is 1.87. The van der Waals surface area contributed by atoms with E-state index in [1.165, 1.54) is 31.2 Å². The van der Waals surface area contributed by atoms with E-state index in [-0.39, 0.29) is 11.5 Å². The smallest absolute Gasteiger partial charge is 0.387 e. The summed E-state index contributed by atoms with van der Waals surface area (Å²) in [5.41, 5.74) is -1.04. The van der Waals surface area contributed by atoms with E-state index >= 15 is 0 Å². The topological polar surface area (TPSA) is 76.7 Å². The van der Waals surface area contributed by atoms with Crippen LogP contribution in [0.5, 0.6) is 11.5 Å². The minimum atomic E-state index is -2.95. The summed E-state index contributed by atoms with van der Waals surface area (Å²) in [7, 11) is 0. The molecule has 0 spiro atoms. The normalized spacial score (nSPS) is 11.1. The van der Waals surface area contributed by atoms with Gasteiger partial charge < -0.3 is 14.3 Å². The molecule has 1 aromatic carbocycles. The lowest BCUT2D eigenvalue weighted by Gasteiger charge is -2.04. The van der Waals surface area contributed by atoms with Crippen LogP contribution in [0.25, 0.3) is 6.08 Å². The molecule has 0 aliphatic heterocycles. The molecule has 2 aromatic rings. The Hall–Kier alpha value is -2.96. The molecule has 1 heterocycles. The summed E-state index contributed by atoms with van der Waals surface area (Å²) < 4.78 is 33.3. The van der Waals surface area contributed by atoms with E-state index in [9.17, 15) is 23.5 Å². The van der Waals surface area contributed by atoms with Crippen molar-refractivity contribution in [3.05, 3.63) is 63.7 Å². The van der Waals surface area contributed by atoms with Crippen molar-refractivity contribution < 1.29 is 27.8 Å². The molecule has 0 saturated heterocycles. The molecule has 0 fully saturated rings. The zero-order valence-corrected chi connectivity index (χ0v) is 12.0. The monoisotopic (exact) mass is 322 g/mol. The standard InChI is InChI=1S/C16H12F2O5/c1-9-7-13(20)14(15(21)22-9)12(19)6-5-10-3-2-4-11(8-10)23-16(17)18/h2-8,16,20H,1H3. The number of aryl methyl sites for hydroxylation is 1. The van der Waals surface area contributed by atoms with E-state index in [2.05, 4.69) is 4.74 Å². The Kier molecular flexibility index (Phi) is 4.90. The number of rotatable bonds is 5. The van der Waals surface area contributed by atoms with E-state index < -0.39 is 29.3 Å². The van der Waals surface area contributed by atoms with Crippen molar-refractivity contribution in [2.45, 2.75) is 13.5 Å². The highest BCUT2D eigenvalue weighted by molar-refractivity contribution is 6.08. The number of hydrogen-bond donors (Lipinski definition) is 1. The van der Waals surface area contributed by atoms with Crippen LogP contribution in [0.4, 0.5) is 8.78 Å². The predicted octanol–water partition coefficient (Wildman–Crippen LogP) is 3.15. The molecule has 120 valence electrons. The molecule has 7 heteroatoms. The maximum absolute atomic E-state index is 12.1. The van der Waals surface area contributed by atoms with Gasteiger partial charge in [0.2, 0.25) is 0 Å². The summed E-state index contributed by atoms with van der Waals surface area (Å²) in [5, 5.41) is 9.66. The molecule has 0 amide bonds. The van der Waals surface area contributed by atoms with Crippen LogP contribution in [0.2, 0.25) is 0 Å². The van der Waals surface area contributed by atoms with Crippen LogP contribution in [0.15, 0.2) is 45.6 Å². The molecule has 1 aromatic heterocycles. The van der Waals surface area contributed by atoms with Crippen molar-refractivity contribution in [2.24, 2.45) is 0 Å². The lowest BCUT2D eigenvalue weighted by molar-refractivity contribution is -0.0498. The number of allylic oxidation sites excluding steroid dienone is 1. The number of carbonyl (C=O) groups is 1. The summed E-state index contributed by atoms with van der Waals surface area (Å²) >= 11 is 0. The van der Waals surface area contributed by atoms with Crippen molar-refractivity contribution in [3.8, 4) is 11.5 Å². The summed E-state index contributed by atoms with van der Waals surface area (Å²) in [4.78, 5) is 23.6. The minimum absolute atomic E-state index is 0.0627. The average molecular weight is 322 g/mol. The van der Waals surface area contributed by atoms with Crippen LogP contribution in [-0.4, -0.2) is 17.5 Å². The summed E-state index contributed by atoms with van der Waals surface area (Å²) in [5.74, 6) is -1.14. The predicted molar refractivity (Wildman–Crippen MR) is 77.8 cm³/mol. The first-order valence-corrected chi connectivity index (χ1v) is 6.48. The van der Waals surface area contributed by atoms with Gasteiger partial charge in [-0.1, -0.05) is 18.2 Å². The quantitative estimate of drug-likeness (QED) is 0.676. The maximum Gasteiger partial charge on any atom is 0.387 e. The summed E-state index contributed by atoms with van der Waals surface area (Å²) in [6.45, 7) is -1.50. The van der Waals surface area contributed by atoms with Gasteiger partial charge in [0.05, 0.1) is 0 Å². The zero-order chi connectivity index (χ0) is 17.0. The number of ketones is 1. The van der Waals surface area contributed by atoms with Crippen molar-refractivity contribution in [1.82, 2.24) is 0 Å². The highest BCUT2D eigenvalue weighted by atomic mass is 19.3. The molecule has 23 heavy (non-hydrogen) atoms. The van der Waals surface area contributed by atoms with Crippen LogP contribution >= 0.6 is 0 Å². The fourth-order valence-corrected chi connectivity index (χ4v) is 1.87. The first-order valence-electron chi connectivity index (χ1n) is 6.48. The molecular weight excluding hydrogens is 310 g/mol. The number of hydrogen-bond acceptors (Lipinski definition) is 5. The second-order valence-corrected chi connectivity index (χ2v) is 4.55. The molecular formula is C16H12F2O5. The van der Waals surface area contributed by atoms with Crippen LogP contribution in [-0.2, 0) is 0 Å². The lowest BCUT2D eigenvalue weighted by Crippen LogP contribution is -2.12. The average Bonchev–Trinajstić information content (AvgIpc) is 2.43. The van der Waals surface area contributed by atoms with Gasteiger partial charge in [-0.3, -0.25) is 4.79 Å². The van der Waals surface area contributed by atoms with Crippen molar-refractivity contribution in [3.63, 3.8) is 0 Å². The van der Waals surface area contributed by atoms with Gasteiger partial charge in [-0.2, -0.15) is 8.78 Å². The molecule has 0 atom stereocenters. The first-order chi connectivity index (χ1) is 10.9. The number of carbonyl (C=O) groups excluding carboxylic acids is 1. The van der Waals surface area contributed by atoms with Gasteiger partial charge in [0, 0.05) is 6.07 Å². The molecule has 0 aliphatic carbocycles. The molecule has 0 bridgehead atoms. The highest BCUT2D eigenvalue weighted by Crippen LogP contribution is 2.18. The number of ether oxygens (including phenoxy) is 1. The van der Waals surface area contributed by atoms with Crippen molar-refractivity contribution >= 4 is 11.9 Å². The van der Waals surface area contributed by atoms with Gasteiger partial charge in [-0.15, -0.1) is 0 Å². The lowest BCUT2D eigenvalue weighted by atomic mass is 10.1. The molecule has 0 aliphatic rings. The van der Waals surface area contributed by atoms with E-state index in [1.54, 1.807) is 6.07 Å². The Morgan fingerprint density at radius 1 is 1.35 bits per heavy atom. The summed E-state index contributed by atoms with van der Waals surface area (Å²) in [6, 6.07) is 6.82. The first kappa shape index (κ1) is 16.4. The third-order valence-electron chi connectivity index (χ3n) is 2.81. The van der Waals surface area contributed by atoms with Gasteiger partial charge in [-0.25, -0.2) is 4.79 Å². The van der Waals surface area contributed by atoms with Gasteiger partial charge in [0.1, 0.15) is 22.8 Å². The van der Waals surface area contributed by atoms with Gasteiger partial charge in [0.15, 0.2) is 5.78 Å². The zero-order valence-electron chi connectivity index (χ0n) is 12.0. The Labute approximate surface area is 129 Å². The van der Waals surface area contributed by atoms with Gasteiger partial charge >= 0.3 is 12.2 Å². The number of benzene rings is 1.